The van der Waals surface area contributed by atoms with E-state index in [1.165, 1.54) is 6.07 Å². The molecule has 0 aromatic heterocycles. The minimum atomic E-state index is -0.582. The molecule has 1 atom stereocenters. The number of rotatable bonds is 9. The van der Waals surface area contributed by atoms with E-state index in [0.29, 0.717) is 12.1 Å². The third kappa shape index (κ3) is 6.28. The number of ether oxygens (including phenoxy) is 1. The van der Waals surface area contributed by atoms with Crippen LogP contribution in [0.5, 0.6) is 0 Å². The first-order chi connectivity index (χ1) is 9.52. The molecule has 1 rings (SSSR count). The Hall–Kier alpha value is -1.23. The standard InChI is InChI=1S/C16H24FNO2/c1-4-18(9-13(2)3)10-15(19)12-20-11-14-7-5-6-8-16(14)17/h5-8,15,19H,2,4,9-12H2,1,3H3. The quantitative estimate of drug-likeness (QED) is 0.706. The first kappa shape index (κ1) is 16.8. The van der Waals surface area contributed by atoms with Gasteiger partial charge in [0, 0.05) is 18.7 Å². The Labute approximate surface area is 120 Å². The van der Waals surface area contributed by atoms with Crippen LogP contribution in [0.2, 0.25) is 0 Å². The smallest absolute Gasteiger partial charge is 0.128 e. The van der Waals surface area contributed by atoms with Crippen molar-refractivity contribution >= 4 is 0 Å². The van der Waals surface area contributed by atoms with E-state index in [2.05, 4.69) is 11.5 Å². The molecular formula is C16H24FNO2. The van der Waals surface area contributed by atoms with E-state index in [1.807, 2.05) is 13.8 Å². The Balaban J connectivity index is 2.30. The molecule has 0 radical (unpaired) electrons. The summed E-state index contributed by atoms with van der Waals surface area (Å²) < 4.78 is 18.7. The number of nitrogens with zero attached hydrogens (tertiary/aromatic N) is 1. The van der Waals surface area contributed by atoms with Gasteiger partial charge < -0.3 is 9.84 Å². The van der Waals surface area contributed by atoms with Crippen LogP contribution in [-0.2, 0) is 11.3 Å². The minimum absolute atomic E-state index is 0.177. The van der Waals surface area contributed by atoms with Crippen LogP contribution >= 0.6 is 0 Å². The second-order valence-corrected chi connectivity index (χ2v) is 5.05. The molecule has 1 aromatic rings. The fourth-order valence-electron chi connectivity index (χ4n) is 1.96. The number of likely N-dealkylation sites (N-methyl/N-ethyl adjacent to an activating group) is 1. The molecule has 0 spiro atoms. The highest BCUT2D eigenvalue weighted by atomic mass is 19.1. The Kier molecular flexibility index (Phi) is 7.44. The monoisotopic (exact) mass is 281 g/mol. The molecular weight excluding hydrogens is 257 g/mol. The lowest BCUT2D eigenvalue weighted by atomic mass is 10.2. The average Bonchev–Trinajstić information content (AvgIpc) is 2.39. The van der Waals surface area contributed by atoms with E-state index in [1.54, 1.807) is 18.2 Å². The Bertz CT molecular complexity index is 423. The van der Waals surface area contributed by atoms with E-state index in [4.69, 9.17) is 4.74 Å². The van der Waals surface area contributed by atoms with Crippen molar-refractivity contribution in [2.24, 2.45) is 0 Å². The normalized spacial score (nSPS) is 12.7. The molecule has 0 aliphatic heterocycles. The number of hydrogen-bond donors (Lipinski definition) is 1. The van der Waals surface area contributed by atoms with Crippen molar-refractivity contribution in [2.75, 3.05) is 26.2 Å². The predicted molar refractivity (Wildman–Crippen MR) is 79.0 cm³/mol. The van der Waals surface area contributed by atoms with Gasteiger partial charge >= 0.3 is 0 Å². The average molecular weight is 281 g/mol. The van der Waals surface area contributed by atoms with Crippen LogP contribution in [-0.4, -0.2) is 42.4 Å². The number of aliphatic hydroxyl groups is 1. The highest BCUT2D eigenvalue weighted by molar-refractivity contribution is 5.16. The summed E-state index contributed by atoms with van der Waals surface area (Å²) in [4.78, 5) is 2.10. The molecule has 4 heteroatoms. The zero-order valence-corrected chi connectivity index (χ0v) is 12.3. The van der Waals surface area contributed by atoms with Crippen molar-refractivity contribution in [2.45, 2.75) is 26.6 Å². The summed E-state index contributed by atoms with van der Waals surface area (Å²) in [6.45, 7) is 10.4. The van der Waals surface area contributed by atoms with Gasteiger partial charge in [0.1, 0.15) is 5.82 Å². The van der Waals surface area contributed by atoms with Gasteiger partial charge in [0.15, 0.2) is 0 Å². The van der Waals surface area contributed by atoms with Crippen LogP contribution in [0.4, 0.5) is 4.39 Å². The summed E-state index contributed by atoms with van der Waals surface area (Å²) in [5.41, 5.74) is 1.57. The van der Waals surface area contributed by atoms with Gasteiger partial charge in [-0.15, -0.1) is 0 Å². The maximum Gasteiger partial charge on any atom is 0.128 e. The third-order valence-corrected chi connectivity index (χ3v) is 2.94. The van der Waals surface area contributed by atoms with E-state index >= 15 is 0 Å². The highest BCUT2D eigenvalue weighted by Gasteiger charge is 2.11. The molecule has 112 valence electrons. The van der Waals surface area contributed by atoms with Crippen LogP contribution in [0.15, 0.2) is 36.4 Å². The maximum absolute atomic E-state index is 13.4. The van der Waals surface area contributed by atoms with Crippen LogP contribution < -0.4 is 0 Å². The molecule has 1 N–H and O–H groups in total. The number of aliphatic hydroxyl groups excluding tert-OH is 1. The molecule has 0 saturated carbocycles. The summed E-state index contributed by atoms with van der Waals surface area (Å²) in [5, 5.41) is 9.92. The van der Waals surface area contributed by atoms with Gasteiger partial charge in [0.2, 0.25) is 0 Å². The summed E-state index contributed by atoms with van der Waals surface area (Å²) in [6.07, 6.45) is -0.582. The molecule has 1 unspecified atom stereocenters. The Morgan fingerprint density at radius 3 is 2.75 bits per heavy atom. The van der Waals surface area contributed by atoms with Crippen molar-refractivity contribution in [3.8, 4) is 0 Å². The second kappa shape index (κ2) is 8.84. The fraction of sp³-hybridized carbons (Fsp3) is 0.500. The van der Waals surface area contributed by atoms with Gasteiger partial charge in [0.05, 0.1) is 19.3 Å². The number of halogens is 1. The van der Waals surface area contributed by atoms with Crippen LogP contribution in [0, 0.1) is 5.82 Å². The zero-order chi connectivity index (χ0) is 15.0. The molecule has 1 aromatic carbocycles. The lowest BCUT2D eigenvalue weighted by Gasteiger charge is -2.23. The SMILES string of the molecule is C=C(C)CN(CC)CC(O)COCc1ccccc1F. The molecule has 0 saturated heterocycles. The lowest BCUT2D eigenvalue weighted by Crippen LogP contribution is -2.35. The van der Waals surface area contributed by atoms with Gasteiger partial charge in [-0.25, -0.2) is 4.39 Å². The van der Waals surface area contributed by atoms with E-state index < -0.39 is 6.10 Å². The predicted octanol–water partition coefficient (Wildman–Crippen LogP) is 2.60. The summed E-state index contributed by atoms with van der Waals surface area (Å²) in [6, 6.07) is 6.50. The molecule has 0 amide bonds. The molecule has 0 aliphatic rings. The second-order valence-electron chi connectivity index (χ2n) is 5.05. The van der Waals surface area contributed by atoms with Gasteiger partial charge in [-0.05, 0) is 19.5 Å². The molecule has 20 heavy (non-hydrogen) atoms. The molecule has 0 aliphatic carbocycles. The first-order valence-corrected chi connectivity index (χ1v) is 6.88. The van der Waals surface area contributed by atoms with Crippen molar-refractivity contribution in [3.63, 3.8) is 0 Å². The van der Waals surface area contributed by atoms with Crippen molar-refractivity contribution in [1.82, 2.24) is 4.90 Å². The van der Waals surface area contributed by atoms with Crippen molar-refractivity contribution in [1.29, 1.82) is 0 Å². The van der Waals surface area contributed by atoms with Gasteiger partial charge in [-0.2, -0.15) is 0 Å². The van der Waals surface area contributed by atoms with E-state index in [-0.39, 0.29) is 19.0 Å². The lowest BCUT2D eigenvalue weighted by molar-refractivity contribution is 0.0112. The van der Waals surface area contributed by atoms with Crippen molar-refractivity contribution in [3.05, 3.63) is 47.8 Å². The van der Waals surface area contributed by atoms with Crippen LogP contribution in [0.1, 0.15) is 19.4 Å². The molecule has 3 nitrogen and oxygen atoms in total. The minimum Gasteiger partial charge on any atom is -0.389 e. The van der Waals surface area contributed by atoms with Crippen LogP contribution in [0.3, 0.4) is 0 Å². The molecule has 0 bridgehead atoms. The topological polar surface area (TPSA) is 32.7 Å². The van der Waals surface area contributed by atoms with E-state index in [0.717, 1.165) is 18.7 Å². The fourth-order valence-corrected chi connectivity index (χ4v) is 1.96. The van der Waals surface area contributed by atoms with Crippen molar-refractivity contribution < 1.29 is 14.2 Å². The maximum atomic E-state index is 13.4. The Morgan fingerprint density at radius 2 is 2.15 bits per heavy atom. The van der Waals surface area contributed by atoms with Gasteiger partial charge in [0.25, 0.3) is 0 Å². The van der Waals surface area contributed by atoms with Gasteiger partial charge in [-0.3, -0.25) is 4.90 Å². The van der Waals surface area contributed by atoms with Gasteiger partial charge in [-0.1, -0.05) is 37.3 Å². The summed E-state index contributed by atoms with van der Waals surface area (Å²) in [7, 11) is 0. The van der Waals surface area contributed by atoms with E-state index in [9.17, 15) is 9.50 Å². The summed E-state index contributed by atoms with van der Waals surface area (Å²) in [5.74, 6) is -0.278. The zero-order valence-electron chi connectivity index (χ0n) is 12.3. The third-order valence-electron chi connectivity index (χ3n) is 2.94. The molecule has 0 fully saturated rings. The first-order valence-electron chi connectivity index (χ1n) is 6.88. The Morgan fingerprint density at radius 1 is 1.45 bits per heavy atom. The largest absolute Gasteiger partial charge is 0.389 e. The molecule has 0 heterocycles. The highest BCUT2D eigenvalue weighted by Crippen LogP contribution is 2.08. The number of hydrogen-bond acceptors (Lipinski definition) is 3. The number of benzene rings is 1. The summed E-state index contributed by atoms with van der Waals surface area (Å²) >= 11 is 0. The van der Waals surface area contributed by atoms with Crippen LogP contribution in [0.25, 0.3) is 0 Å².